The van der Waals surface area contributed by atoms with E-state index < -0.39 is 0 Å². The van der Waals surface area contributed by atoms with E-state index in [1.54, 1.807) is 11.3 Å². The van der Waals surface area contributed by atoms with Crippen LogP contribution in [0.2, 0.25) is 0 Å². The Morgan fingerprint density at radius 1 is 1.28 bits per heavy atom. The Hall–Kier alpha value is -1.19. The zero-order valence-electron chi connectivity index (χ0n) is 11.4. The van der Waals surface area contributed by atoms with Gasteiger partial charge in [-0.3, -0.25) is 0 Å². The predicted octanol–water partition coefficient (Wildman–Crippen LogP) is 3.66. The zero-order valence-corrected chi connectivity index (χ0v) is 12.3. The van der Waals surface area contributed by atoms with Crippen LogP contribution >= 0.6 is 11.3 Å². The summed E-state index contributed by atoms with van der Waals surface area (Å²) in [6, 6.07) is 8.49. The molecule has 2 nitrogen and oxygen atoms in total. The van der Waals surface area contributed by atoms with Crippen LogP contribution in [0, 0.1) is 13.8 Å². The summed E-state index contributed by atoms with van der Waals surface area (Å²) >= 11 is 1.76. The third-order valence-electron chi connectivity index (χ3n) is 3.18. The van der Waals surface area contributed by atoms with Gasteiger partial charge in [0.05, 0.1) is 5.69 Å². The minimum Gasteiger partial charge on any atom is -0.330 e. The summed E-state index contributed by atoms with van der Waals surface area (Å²) in [5.74, 6) is 0. The van der Waals surface area contributed by atoms with Crippen LogP contribution in [0.5, 0.6) is 0 Å². The van der Waals surface area contributed by atoms with Gasteiger partial charge in [-0.15, -0.1) is 11.3 Å². The highest BCUT2D eigenvalue weighted by atomic mass is 32.1. The second-order valence-corrected chi connectivity index (χ2v) is 6.58. The lowest BCUT2D eigenvalue weighted by Gasteiger charge is -2.18. The highest BCUT2D eigenvalue weighted by molar-refractivity contribution is 7.12. The molecule has 2 aromatic rings. The molecule has 1 aromatic carbocycles. The van der Waals surface area contributed by atoms with E-state index in [-0.39, 0.29) is 5.41 Å². The predicted molar refractivity (Wildman–Crippen MR) is 79.1 cm³/mol. The molecule has 0 bridgehead atoms. The van der Waals surface area contributed by atoms with E-state index in [1.807, 2.05) is 0 Å². The first-order valence-electron chi connectivity index (χ1n) is 6.19. The summed E-state index contributed by atoms with van der Waals surface area (Å²) in [5, 5.41) is 1.12. The van der Waals surface area contributed by atoms with Crippen molar-refractivity contribution < 1.29 is 0 Å². The van der Waals surface area contributed by atoms with Gasteiger partial charge in [-0.1, -0.05) is 37.6 Å². The standard InChI is InChI=1S/C15H20N2S/c1-10-6-5-7-12(8-10)13-11(2)18-14(17-13)15(3,4)9-16/h5-8H,9,16H2,1-4H3. The minimum atomic E-state index is -0.0441. The van der Waals surface area contributed by atoms with Gasteiger partial charge in [-0.25, -0.2) is 4.98 Å². The van der Waals surface area contributed by atoms with Crippen molar-refractivity contribution in [3.8, 4) is 11.3 Å². The number of nitrogens with two attached hydrogens (primary N) is 1. The molecule has 0 unspecified atom stereocenters. The molecule has 18 heavy (non-hydrogen) atoms. The van der Waals surface area contributed by atoms with Gasteiger partial charge >= 0.3 is 0 Å². The fourth-order valence-electron chi connectivity index (χ4n) is 1.83. The highest BCUT2D eigenvalue weighted by Crippen LogP contribution is 2.33. The van der Waals surface area contributed by atoms with Gasteiger partial charge in [0.15, 0.2) is 0 Å². The Morgan fingerprint density at radius 3 is 2.61 bits per heavy atom. The second kappa shape index (κ2) is 4.82. The van der Waals surface area contributed by atoms with Crippen molar-refractivity contribution in [1.29, 1.82) is 0 Å². The third kappa shape index (κ3) is 2.47. The van der Waals surface area contributed by atoms with E-state index >= 15 is 0 Å². The van der Waals surface area contributed by atoms with Gasteiger partial charge in [0, 0.05) is 22.4 Å². The van der Waals surface area contributed by atoms with Gasteiger partial charge in [0.1, 0.15) is 5.01 Å². The summed E-state index contributed by atoms with van der Waals surface area (Å²) < 4.78 is 0. The largest absolute Gasteiger partial charge is 0.330 e. The second-order valence-electron chi connectivity index (χ2n) is 5.38. The number of rotatable bonds is 3. The smallest absolute Gasteiger partial charge is 0.100 e. The molecular weight excluding hydrogens is 240 g/mol. The molecule has 2 N–H and O–H groups in total. The molecule has 0 aliphatic rings. The minimum absolute atomic E-state index is 0.0441. The zero-order chi connectivity index (χ0) is 13.3. The van der Waals surface area contributed by atoms with Crippen LogP contribution in [0.25, 0.3) is 11.3 Å². The molecule has 1 heterocycles. The lowest BCUT2D eigenvalue weighted by atomic mass is 9.95. The first-order chi connectivity index (χ1) is 8.44. The molecule has 0 amide bonds. The Bertz CT molecular complexity index is 555. The first kappa shape index (κ1) is 13.2. The fourth-order valence-corrected chi connectivity index (χ4v) is 2.88. The number of aromatic nitrogens is 1. The molecule has 0 fully saturated rings. The van der Waals surface area contributed by atoms with Crippen LogP contribution < -0.4 is 5.73 Å². The van der Waals surface area contributed by atoms with Crippen molar-refractivity contribution in [3.63, 3.8) is 0 Å². The maximum Gasteiger partial charge on any atom is 0.100 e. The SMILES string of the molecule is Cc1cccc(-c2nc(C(C)(C)CN)sc2C)c1. The van der Waals surface area contributed by atoms with Crippen LogP contribution in [0.1, 0.15) is 29.3 Å². The lowest BCUT2D eigenvalue weighted by molar-refractivity contribution is 0.536. The van der Waals surface area contributed by atoms with Crippen LogP contribution in [-0.4, -0.2) is 11.5 Å². The van der Waals surface area contributed by atoms with Crippen molar-refractivity contribution in [2.24, 2.45) is 5.73 Å². The van der Waals surface area contributed by atoms with E-state index in [0.29, 0.717) is 6.54 Å². The molecule has 96 valence electrons. The molecule has 0 spiro atoms. The molecule has 0 aliphatic heterocycles. The van der Waals surface area contributed by atoms with E-state index in [2.05, 4.69) is 52.0 Å². The monoisotopic (exact) mass is 260 g/mol. The quantitative estimate of drug-likeness (QED) is 0.914. The fraction of sp³-hybridized carbons (Fsp3) is 0.400. The first-order valence-corrected chi connectivity index (χ1v) is 7.01. The molecular formula is C15H20N2S. The Labute approximate surface area is 113 Å². The van der Waals surface area contributed by atoms with Crippen molar-refractivity contribution >= 4 is 11.3 Å². The molecule has 0 saturated carbocycles. The average molecular weight is 260 g/mol. The molecule has 3 heteroatoms. The van der Waals surface area contributed by atoms with Gasteiger partial charge in [0.2, 0.25) is 0 Å². The molecule has 0 atom stereocenters. The third-order valence-corrected chi connectivity index (χ3v) is 4.51. The van der Waals surface area contributed by atoms with Crippen molar-refractivity contribution in [2.45, 2.75) is 33.1 Å². The van der Waals surface area contributed by atoms with Gasteiger partial charge in [-0.05, 0) is 19.9 Å². The maximum absolute atomic E-state index is 5.83. The summed E-state index contributed by atoms with van der Waals surface area (Å²) in [5.41, 5.74) is 9.34. The number of benzene rings is 1. The number of hydrogen-bond acceptors (Lipinski definition) is 3. The Kier molecular flexibility index (Phi) is 3.55. The van der Waals surface area contributed by atoms with Crippen LogP contribution in [-0.2, 0) is 5.41 Å². The van der Waals surface area contributed by atoms with Crippen molar-refractivity contribution in [3.05, 3.63) is 39.7 Å². The molecule has 0 saturated heterocycles. The summed E-state index contributed by atoms with van der Waals surface area (Å²) in [6.07, 6.45) is 0. The number of aryl methyl sites for hydroxylation is 2. The van der Waals surface area contributed by atoms with E-state index in [0.717, 1.165) is 10.7 Å². The van der Waals surface area contributed by atoms with Crippen LogP contribution in [0.3, 0.4) is 0 Å². The number of nitrogens with zero attached hydrogens (tertiary/aromatic N) is 1. The van der Waals surface area contributed by atoms with Gasteiger partial charge in [-0.2, -0.15) is 0 Å². The summed E-state index contributed by atoms with van der Waals surface area (Å²) in [4.78, 5) is 6.06. The Balaban J connectivity index is 2.48. The number of hydrogen-bond donors (Lipinski definition) is 1. The van der Waals surface area contributed by atoms with Gasteiger partial charge in [0.25, 0.3) is 0 Å². The van der Waals surface area contributed by atoms with Crippen molar-refractivity contribution in [2.75, 3.05) is 6.54 Å². The number of thiazole rings is 1. The van der Waals surface area contributed by atoms with E-state index in [4.69, 9.17) is 10.7 Å². The average Bonchev–Trinajstić information content (AvgIpc) is 2.72. The summed E-state index contributed by atoms with van der Waals surface area (Å²) in [7, 11) is 0. The molecule has 0 aliphatic carbocycles. The maximum atomic E-state index is 5.83. The van der Waals surface area contributed by atoms with Crippen LogP contribution in [0.15, 0.2) is 24.3 Å². The highest BCUT2D eigenvalue weighted by Gasteiger charge is 2.24. The molecule has 1 aromatic heterocycles. The topological polar surface area (TPSA) is 38.9 Å². The molecule has 0 radical (unpaired) electrons. The normalized spacial score (nSPS) is 11.8. The van der Waals surface area contributed by atoms with E-state index in [1.165, 1.54) is 16.0 Å². The van der Waals surface area contributed by atoms with Crippen LogP contribution in [0.4, 0.5) is 0 Å². The summed E-state index contributed by atoms with van der Waals surface area (Å²) in [6.45, 7) is 9.14. The van der Waals surface area contributed by atoms with Gasteiger partial charge < -0.3 is 5.73 Å². The Morgan fingerprint density at radius 2 is 2.00 bits per heavy atom. The molecule has 2 rings (SSSR count). The van der Waals surface area contributed by atoms with E-state index in [9.17, 15) is 0 Å². The van der Waals surface area contributed by atoms with Crippen molar-refractivity contribution in [1.82, 2.24) is 4.98 Å². The lowest BCUT2D eigenvalue weighted by Crippen LogP contribution is -2.27.